The first-order valence-corrected chi connectivity index (χ1v) is 7.14. The molecule has 3 amide bonds. The summed E-state index contributed by atoms with van der Waals surface area (Å²) in [5, 5.41) is 22.1. The predicted molar refractivity (Wildman–Crippen MR) is 81.6 cm³/mol. The number of aromatic hydroxyl groups is 2. The molecule has 0 spiro atoms. The van der Waals surface area contributed by atoms with Gasteiger partial charge in [0.05, 0.1) is 5.69 Å². The molecule has 1 fully saturated rings. The van der Waals surface area contributed by atoms with Crippen molar-refractivity contribution in [2.75, 3.05) is 11.6 Å². The van der Waals surface area contributed by atoms with Crippen LogP contribution in [-0.4, -0.2) is 38.4 Å². The van der Waals surface area contributed by atoms with Gasteiger partial charge in [-0.25, -0.2) is 10.2 Å². The summed E-state index contributed by atoms with van der Waals surface area (Å²) in [5.41, 5.74) is 2.91. The fourth-order valence-electron chi connectivity index (χ4n) is 2.43. The second-order valence-corrected chi connectivity index (χ2v) is 5.07. The second kappa shape index (κ2) is 5.91. The molecule has 2 heterocycles. The number of hydrogen-bond donors (Lipinski definition) is 3. The van der Waals surface area contributed by atoms with Gasteiger partial charge in [0, 0.05) is 25.1 Å². The van der Waals surface area contributed by atoms with E-state index in [-0.39, 0.29) is 17.7 Å². The van der Waals surface area contributed by atoms with Gasteiger partial charge >= 0.3 is 6.03 Å². The number of carbonyl (C=O) groups excluding carboxylic acids is 2. The summed E-state index contributed by atoms with van der Waals surface area (Å²) < 4.78 is 0.950. The van der Waals surface area contributed by atoms with E-state index in [0.29, 0.717) is 25.1 Å². The van der Waals surface area contributed by atoms with Crippen molar-refractivity contribution >= 4 is 17.6 Å². The molecule has 0 aliphatic carbocycles. The molecule has 1 aromatic heterocycles. The molecule has 8 heteroatoms. The number of benzene rings is 1. The van der Waals surface area contributed by atoms with Gasteiger partial charge in [-0.3, -0.25) is 9.80 Å². The van der Waals surface area contributed by atoms with Gasteiger partial charge < -0.3 is 10.2 Å². The first kappa shape index (κ1) is 14.8. The lowest BCUT2D eigenvalue weighted by Crippen LogP contribution is -2.51. The highest BCUT2D eigenvalue weighted by molar-refractivity contribution is 5.93. The molecule has 3 rings (SSSR count). The van der Waals surface area contributed by atoms with Crippen LogP contribution < -0.4 is 10.4 Å². The van der Waals surface area contributed by atoms with E-state index in [2.05, 4.69) is 5.43 Å². The lowest BCUT2D eigenvalue weighted by Gasteiger charge is -2.27. The molecule has 0 bridgehead atoms. The van der Waals surface area contributed by atoms with E-state index in [1.807, 2.05) is 0 Å². The van der Waals surface area contributed by atoms with Crippen molar-refractivity contribution < 1.29 is 19.8 Å². The summed E-state index contributed by atoms with van der Waals surface area (Å²) in [7, 11) is 0. The minimum atomic E-state index is -0.673. The van der Waals surface area contributed by atoms with Crippen LogP contribution >= 0.6 is 0 Å². The van der Waals surface area contributed by atoms with Gasteiger partial charge in [0.15, 0.2) is 0 Å². The third-order valence-electron chi connectivity index (χ3n) is 3.51. The van der Waals surface area contributed by atoms with E-state index in [0.717, 1.165) is 9.69 Å². The van der Waals surface area contributed by atoms with Crippen LogP contribution in [0.2, 0.25) is 0 Å². The molecule has 0 saturated carbocycles. The largest absolute Gasteiger partial charge is 0.493 e. The Hall–Kier alpha value is -3.16. The summed E-state index contributed by atoms with van der Waals surface area (Å²) in [6.07, 6.45) is 1.05. The Morgan fingerprint density at radius 2 is 1.74 bits per heavy atom. The number of nitrogens with zero attached hydrogens (tertiary/aromatic N) is 3. The Labute approximate surface area is 132 Å². The van der Waals surface area contributed by atoms with Gasteiger partial charge in [-0.15, -0.1) is 0 Å². The number of aromatic nitrogens is 1. The molecule has 3 N–H and O–H groups in total. The van der Waals surface area contributed by atoms with Crippen molar-refractivity contribution in [1.82, 2.24) is 15.1 Å². The van der Waals surface area contributed by atoms with Crippen LogP contribution in [-0.2, 0) is 4.79 Å². The quantitative estimate of drug-likeness (QED) is 0.797. The number of carbonyl (C=O) groups is 2. The van der Waals surface area contributed by atoms with Crippen molar-refractivity contribution in [2.24, 2.45) is 0 Å². The summed E-state index contributed by atoms with van der Waals surface area (Å²) in [6.45, 7) is 0.427. The maximum absolute atomic E-state index is 12.6. The molecule has 0 atom stereocenters. The molecule has 23 heavy (non-hydrogen) atoms. The Kier molecular flexibility index (Phi) is 3.80. The first-order valence-electron chi connectivity index (χ1n) is 7.14. The van der Waals surface area contributed by atoms with Crippen LogP contribution in [0.1, 0.15) is 12.8 Å². The van der Waals surface area contributed by atoms with Gasteiger partial charge in [-0.1, -0.05) is 18.2 Å². The molecule has 1 aromatic carbocycles. The van der Waals surface area contributed by atoms with Crippen molar-refractivity contribution in [3.05, 3.63) is 42.5 Å². The highest BCUT2D eigenvalue weighted by Gasteiger charge is 2.28. The summed E-state index contributed by atoms with van der Waals surface area (Å²) >= 11 is 0. The Bertz CT molecular complexity index is 709. The predicted octanol–water partition coefficient (Wildman–Crippen LogP) is 1.42. The zero-order valence-electron chi connectivity index (χ0n) is 12.2. The lowest BCUT2D eigenvalue weighted by molar-refractivity contribution is -0.129. The number of para-hydroxylation sites is 1. The third-order valence-corrected chi connectivity index (χ3v) is 3.51. The fourth-order valence-corrected chi connectivity index (χ4v) is 2.43. The molecule has 120 valence electrons. The normalized spacial score (nSPS) is 14.1. The fraction of sp³-hybridized carbons (Fsp3) is 0.200. The smallest absolute Gasteiger partial charge is 0.360 e. The third kappa shape index (κ3) is 2.78. The molecular formula is C15H16N4O4. The summed E-state index contributed by atoms with van der Waals surface area (Å²) in [5.74, 6) is -0.796. The molecule has 1 aliphatic rings. The van der Waals surface area contributed by atoms with Crippen LogP contribution in [0.25, 0.3) is 0 Å². The molecule has 8 nitrogen and oxygen atoms in total. The Balaban J connectivity index is 1.95. The molecular weight excluding hydrogens is 300 g/mol. The molecule has 1 aliphatic heterocycles. The van der Waals surface area contributed by atoms with E-state index in [1.54, 1.807) is 30.3 Å². The highest BCUT2D eigenvalue weighted by atomic mass is 16.3. The highest BCUT2D eigenvalue weighted by Crippen LogP contribution is 2.26. The zero-order chi connectivity index (χ0) is 16.4. The molecule has 0 radical (unpaired) electrons. The number of nitrogens with one attached hydrogen (secondary N) is 1. The van der Waals surface area contributed by atoms with Crippen LogP contribution in [0.5, 0.6) is 11.8 Å². The summed E-state index contributed by atoms with van der Waals surface area (Å²) in [4.78, 5) is 24.3. The van der Waals surface area contributed by atoms with E-state index >= 15 is 0 Å². The molecule has 2 aromatic rings. The number of amides is 3. The van der Waals surface area contributed by atoms with E-state index < -0.39 is 6.03 Å². The van der Waals surface area contributed by atoms with Gasteiger partial charge in [-0.05, 0) is 18.6 Å². The van der Waals surface area contributed by atoms with Crippen molar-refractivity contribution in [3.8, 4) is 11.8 Å². The second-order valence-electron chi connectivity index (χ2n) is 5.07. The Morgan fingerprint density at radius 1 is 1.09 bits per heavy atom. The average Bonchev–Trinajstić information content (AvgIpc) is 3.09. The minimum absolute atomic E-state index is 0.174. The van der Waals surface area contributed by atoms with Crippen molar-refractivity contribution in [3.63, 3.8) is 0 Å². The topological polar surface area (TPSA) is 98.0 Å². The summed E-state index contributed by atoms with van der Waals surface area (Å²) in [6, 6.07) is 10.3. The van der Waals surface area contributed by atoms with Crippen LogP contribution in [0.15, 0.2) is 42.5 Å². The van der Waals surface area contributed by atoms with E-state index in [9.17, 15) is 19.8 Å². The standard InChI is InChI=1S/C15H16N4O4/c20-12-7-4-10-17(12)16-15(23)18(11-5-2-1-3-6-11)19-13(21)8-9-14(19)22/h1-3,5-6,8-9,21-22H,4,7,10H2,(H,16,23). The molecule has 1 saturated heterocycles. The van der Waals surface area contributed by atoms with E-state index in [1.165, 1.54) is 17.1 Å². The molecule has 0 unspecified atom stereocenters. The van der Waals surface area contributed by atoms with Gasteiger partial charge in [0.25, 0.3) is 0 Å². The van der Waals surface area contributed by atoms with Gasteiger partial charge in [0.1, 0.15) is 0 Å². The van der Waals surface area contributed by atoms with Crippen molar-refractivity contribution in [2.45, 2.75) is 12.8 Å². The van der Waals surface area contributed by atoms with Crippen LogP contribution in [0.4, 0.5) is 10.5 Å². The van der Waals surface area contributed by atoms with Gasteiger partial charge in [-0.2, -0.15) is 9.69 Å². The maximum atomic E-state index is 12.6. The first-order chi connectivity index (χ1) is 11.1. The number of anilines is 1. The monoisotopic (exact) mass is 316 g/mol. The van der Waals surface area contributed by atoms with Gasteiger partial charge in [0.2, 0.25) is 17.7 Å². The van der Waals surface area contributed by atoms with E-state index in [4.69, 9.17) is 0 Å². The number of urea groups is 1. The number of hydrazine groups is 1. The number of rotatable bonds is 3. The lowest BCUT2D eigenvalue weighted by atomic mass is 10.3. The van der Waals surface area contributed by atoms with Crippen LogP contribution in [0, 0.1) is 0 Å². The van der Waals surface area contributed by atoms with Crippen LogP contribution in [0.3, 0.4) is 0 Å². The number of hydrogen-bond acceptors (Lipinski definition) is 4. The SMILES string of the molecule is O=C1CCCN1NC(=O)N(c1ccccc1)n1c(O)ccc1O. The zero-order valence-corrected chi connectivity index (χ0v) is 12.2. The Morgan fingerprint density at radius 3 is 2.30 bits per heavy atom. The minimum Gasteiger partial charge on any atom is -0.493 e. The average molecular weight is 316 g/mol. The van der Waals surface area contributed by atoms with Crippen molar-refractivity contribution in [1.29, 1.82) is 0 Å². The maximum Gasteiger partial charge on any atom is 0.360 e.